The lowest BCUT2D eigenvalue weighted by Crippen LogP contribution is -2.29. The Bertz CT molecular complexity index is 660. The smallest absolute Gasteiger partial charge is 0.335 e. The van der Waals surface area contributed by atoms with Crippen LogP contribution in [0.2, 0.25) is 0 Å². The van der Waals surface area contributed by atoms with Gasteiger partial charge in [0.1, 0.15) is 18.0 Å². The van der Waals surface area contributed by atoms with E-state index in [2.05, 4.69) is 9.88 Å². The Hall–Kier alpha value is -2.44. The number of aliphatic hydroxyl groups is 1. The first kappa shape index (κ1) is 15.5. The van der Waals surface area contributed by atoms with E-state index in [1.54, 1.807) is 18.3 Å². The zero-order chi connectivity index (χ0) is 16.2. The number of pyridine rings is 1. The highest BCUT2D eigenvalue weighted by atomic mass is 16.5. The predicted octanol–water partition coefficient (Wildman–Crippen LogP) is 1.40. The molecule has 23 heavy (non-hydrogen) atoms. The van der Waals surface area contributed by atoms with E-state index in [-0.39, 0.29) is 11.7 Å². The number of hydrogen-bond acceptors (Lipinski definition) is 5. The van der Waals surface area contributed by atoms with Gasteiger partial charge in [0.05, 0.1) is 5.56 Å². The Morgan fingerprint density at radius 2 is 2.04 bits per heavy atom. The summed E-state index contributed by atoms with van der Waals surface area (Å²) in [6, 6.07) is 10.1. The van der Waals surface area contributed by atoms with E-state index >= 15 is 0 Å². The highest BCUT2D eigenvalue weighted by Crippen LogP contribution is 2.20. The minimum absolute atomic E-state index is 0.211. The fourth-order valence-electron chi connectivity index (χ4n) is 2.68. The van der Waals surface area contributed by atoms with Crippen LogP contribution in [0.15, 0.2) is 48.8 Å². The predicted molar refractivity (Wildman–Crippen MR) is 83.3 cm³/mol. The van der Waals surface area contributed by atoms with Crippen molar-refractivity contribution in [3.8, 4) is 5.75 Å². The van der Waals surface area contributed by atoms with E-state index in [0.29, 0.717) is 25.4 Å². The highest BCUT2D eigenvalue weighted by Gasteiger charge is 2.32. The van der Waals surface area contributed by atoms with Crippen LogP contribution in [0.3, 0.4) is 0 Å². The van der Waals surface area contributed by atoms with Crippen LogP contribution in [0.25, 0.3) is 0 Å². The van der Waals surface area contributed by atoms with Crippen LogP contribution in [-0.4, -0.2) is 51.4 Å². The van der Waals surface area contributed by atoms with Gasteiger partial charge in [0, 0.05) is 32.0 Å². The first-order chi connectivity index (χ1) is 11.1. The highest BCUT2D eigenvalue weighted by molar-refractivity contribution is 5.87. The Morgan fingerprint density at radius 1 is 1.26 bits per heavy atom. The number of rotatable bonds is 5. The average Bonchev–Trinajstić information content (AvgIpc) is 2.88. The van der Waals surface area contributed by atoms with Crippen molar-refractivity contribution >= 4 is 5.97 Å². The van der Waals surface area contributed by atoms with Crippen molar-refractivity contribution in [1.29, 1.82) is 0 Å². The van der Waals surface area contributed by atoms with Crippen LogP contribution in [0.4, 0.5) is 0 Å². The Labute approximate surface area is 134 Å². The number of carboxylic acids is 1. The maximum atomic E-state index is 10.8. The largest absolute Gasteiger partial charge is 0.486 e. The first-order valence-electron chi connectivity index (χ1n) is 7.41. The molecule has 0 radical (unpaired) electrons. The van der Waals surface area contributed by atoms with Crippen molar-refractivity contribution in [1.82, 2.24) is 9.88 Å². The molecule has 1 aliphatic heterocycles. The second-order valence-corrected chi connectivity index (χ2v) is 5.61. The average molecular weight is 314 g/mol. The molecule has 6 nitrogen and oxygen atoms in total. The first-order valence-corrected chi connectivity index (χ1v) is 7.41. The Kier molecular flexibility index (Phi) is 4.55. The molecule has 0 aliphatic carbocycles. The van der Waals surface area contributed by atoms with Crippen molar-refractivity contribution in [2.45, 2.75) is 18.8 Å². The number of ether oxygens (including phenoxy) is 1. The number of benzene rings is 1. The lowest BCUT2D eigenvalue weighted by Gasteiger charge is -2.17. The lowest BCUT2D eigenvalue weighted by molar-refractivity contribution is 0.0693. The fraction of sp³-hybridized carbons (Fsp3) is 0.294. The van der Waals surface area contributed by atoms with E-state index < -0.39 is 12.1 Å². The third-order valence-corrected chi connectivity index (χ3v) is 3.83. The SMILES string of the molecule is O=C(O)c1ccc(O[C@@H]2CN(Cc3cccnc3)C[C@H]2O)cc1. The van der Waals surface area contributed by atoms with E-state index in [1.807, 2.05) is 18.3 Å². The van der Waals surface area contributed by atoms with E-state index in [1.165, 1.54) is 12.1 Å². The molecule has 2 atom stereocenters. The summed E-state index contributed by atoms with van der Waals surface area (Å²) in [6.07, 6.45) is 2.63. The van der Waals surface area contributed by atoms with Crippen LogP contribution in [0.5, 0.6) is 5.75 Å². The molecule has 0 spiro atoms. The van der Waals surface area contributed by atoms with E-state index in [0.717, 1.165) is 5.56 Å². The van der Waals surface area contributed by atoms with Gasteiger partial charge in [0.25, 0.3) is 0 Å². The molecule has 0 amide bonds. The molecule has 2 N–H and O–H groups in total. The van der Waals surface area contributed by atoms with Gasteiger partial charge < -0.3 is 14.9 Å². The molecule has 2 heterocycles. The van der Waals surface area contributed by atoms with Gasteiger partial charge in [-0.05, 0) is 35.9 Å². The molecule has 0 saturated carbocycles. The van der Waals surface area contributed by atoms with Crippen LogP contribution < -0.4 is 4.74 Å². The number of hydrogen-bond donors (Lipinski definition) is 2. The number of nitrogens with zero attached hydrogens (tertiary/aromatic N) is 2. The molecule has 1 aromatic heterocycles. The maximum Gasteiger partial charge on any atom is 0.335 e. The summed E-state index contributed by atoms with van der Waals surface area (Å²) in [7, 11) is 0. The third-order valence-electron chi connectivity index (χ3n) is 3.83. The van der Waals surface area contributed by atoms with Crippen molar-refractivity contribution in [2.75, 3.05) is 13.1 Å². The summed E-state index contributed by atoms with van der Waals surface area (Å²) < 4.78 is 5.79. The van der Waals surface area contributed by atoms with Crippen LogP contribution >= 0.6 is 0 Å². The summed E-state index contributed by atoms with van der Waals surface area (Å²) in [5, 5.41) is 19.0. The topological polar surface area (TPSA) is 82.9 Å². The van der Waals surface area contributed by atoms with Crippen LogP contribution in [-0.2, 0) is 6.54 Å². The fourth-order valence-corrected chi connectivity index (χ4v) is 2.68. The molecule has 1 aromatic carbocycles. The molecular formula is C17H18N2O4. The van der Waals surface area contributed by atoms with E-state index in [4.69, 9.17) is 9.84 Å². The van der Waals surface area contributed by atoms with Gasteiger partial charge in [-0.2, -0.15) is 0 Å². The standard InChI is InChI=1S/C17H18N2O4/c20-15-10-19(9-12-2-1-7-18-8-12)11-16(15)23-14-5-3-13(4-6-14)17(21)22/h1-8,15-16,20H,9-11H2,(H,21,22)/t15-,16-/m1/s1. The molecule has 1 fully saturated rings. The van der Waals surface area contributed by atoms with Crippen LogP contribution in [0, 0.1) is 0 Å². The Balaban J connectivity index is 1.59. The molecule has 1 saturated heterocycles. The minimum Gasteiger partial charge on any atom is -0.486 e. The van der Waals surface area contributed by atoms with Gasteiger partial charge in [-0.1, -0.05) is 6.07 Å². The zero-order valence-electron chi connectivity index (χ0n) is 12.5. The number of β-amino-alcohol motifs (C(OH)–C–C–N with tert-alkyl or cyclic N) is 1. The third kappa shape index (κ3) is 3.85. The lowest BCUT2D eigenvalue weighted by atomic mass is 10.2. The van der Waals surface area contributed by atoms with Gasteiger partial charge in [-0.15, -0.1) is 0 Å². The number of aliphatic hydroxyl groups excluding tert-OH is 1. The quantitative estimate of drug-likeness (QED) is 0.868. The number of likely N-dealkylation sites (tertiary alicyclic amines) is 1. The Morgan fingerprint density at radius 3 is 2.70 bits per heavy atom. The summed E-state index contributed by atoms with van der Waals surface area (Å²) in [6.45, 7) is 1.85. The second kappa shape index (κ2) is 6.76. The molecule has 0 unspecified atom stereocenters. The van der Waals surface area contributed by atoms with Gasteiger partial charge >= 0.3 is 5.97 Å². The van der Waals surface area contributed by atoms with Gasteiger partial charge in [-0.25, -0.2) is 4.79 Å². The minimum atomic E-state index is -0.972. The summed E-state index contributed by atoms with van der Waals surface area (Å²) in [5.74, 6) is -0.414. The number of aromatic carboxylic acids is 1. The normalized spacial score (nSPS) is 21.3. The summed E-state index contributed by atoms with van der Waals surface area (Å²) in [5.41, 5.74) is 1.30. The number of aromatic nitrogens is 1. The second-order valence-electron chi connectivity index (χ2n) is 5.61. The van der Waals surface area contributed by atoms with Crippen molar-refractivity contribution in [3.05, 3.63) is 59.9 Å². The van der Waals surface area contributed by atoms with Crippen molar-refractivity contribution < 1.29 is 19.7 Å². The number of carbonyl (C=O) groups is 1. The van der Waals surface area contributed by atoms with Gasteiger partial charge in [-0.3, -0.25) is 9.88 Å². The molecule has 0 bridgehead atoms. The van der Waals surface area contributed by atoms with Crippen molar-refractivity contribution in [3.63, 3.8) is 0 Å². The molecule has 1 aliphatic rings. The summed E-state index contributed by atoms with van der Waals surface area (Å²) >= 11 is 0. The molecular weight excluding hydrogens is 296 g/mol. The molecule has 2 aromatic rings. The monoisotopic (exact) mass is 314 g/mol. The maximum absolute atomic E-state index is 10.8. The summed E-state index contributed by atoms with van der Waals surface area (Å²) in [4.78, 5) is 17.0. The number of carboxylic acid groups (broad SMARTS) is 1. The van der Waals surface area contributed by atoms with Gasteiger partial charge in [0.2, 0.25) is 0 Å². The van der Waals surface area contributed by atoms with Gasteiger partial charge in [0.15, 0.2) is 0 Å². The molecule has 3 rings (SSSR count). The van der Waals surface area contributed by atoms with Crippen LogP contribution in [0.1, 0.15) is 15.9 Å². The van der Waals surface area contributed by atoms with Crippen molar-refractivity contribution in [2.24, 2.45) is 0 Å². The zero-order valence-corrected chi connectivity index (χ0v) is 12.5. The molecule has 120 valence electrons. The van der Waals surface area contributed by atoms with E-state index in [9.17, 15) is 9.90 Å². The molecule has 6 heteroatoms.